The van der Waals surface area contributed by atoms with E-state index in [1.807, 2.05) is 0 Å². The third kappa shape index (κ3) is 4.91. The van der Waals surface area contributed by atoms with Gasteiger partial charge < -0.3 is 14.8 Å². The Morgan fingerprint density at radius 1 is 1.41 bits per heavy atom. The first-order valence-electron chi connectivity index (χ1n) is 9.10. The molecule has 4 N–H and O–H groups in total. The molecule has 2 heterocycles. The number of aliphatic hydroxyl groups is 2. The van der Waals surface area contributed by atoms with Gasteiger partial charge in [0.1, 0.15) is 0 Å². The molecule has 0 fully saturated rings. The third-order valence-corrected chi connectivity index (χ3v) is 4.58. The molecule has 1 atom stereocenters. The smallest absolute Gasteiger partial charge is 0.329 e. The molecule has 3 rings (SSSR count). The molecule has 0 unspecified atom stereocenters. The SMILES string of the molecule is Cn1c(=O)[nH]c(=O)c2c1nc(N/N=C\C(Cl)=C\c1ccc([N+](=O)[O-])cc1)n2C[C@@H](O)CO. The zero-order valence-corrected chi connectivity index (χ0v) is 17.4. The predicted molar refractivity (Wildman–Crippen MR) is 118 cm³/mol. The minimum absolute atomic E-state index is 0.00446. The standard InChI is InChI=1S/C18H18ClN7O6/c1-24-15-14(16(29)22-18(24)30)25(8-13(28)9-27)17(21-15)23-20-7-11(19)6-10-2-4-12(5-3-10)26(31)32/h2-7,13,27-28H,8-9H2,1H3,(H,21,23)(H,22,29,30)/b11-6-,20-7-/t13-/m1/s1. The average molecular weight is 464 g/mol. The second-order valence-corrected chi connectivity index (χ2v) is 7.06. The van der Waals surface area contributed by atoms with Gasteiger partial charge in [0, 0.05) is 19.2 Å². The molecular formula is C18H18ClN7O6. The zero-order valence-electron chi connectivity index (χ0n) is 16.6. The molecule has 0 saturated carbocycles. The van der Waals surface area contributed by atoms with Gasteiger partial charge in [-0.25, -0.2) is 10.2 Å². The van der Waals surface area contributed by atoms with Gasteiger partial charge >= 0.3 is 5.69 Å². The number of allylic oxidation sites excluding steroid dienone is 1. The van der Waals surface area contributed by atoms with Gasteiger partial charge in [0.15, 0.2) is 11.2 Å². The van der Waals surface area contributed by atoms with Gasteiger partial charge in [-0.2, -0.15) is 10.1 Å². The number of nitrogens with zero attached hydrogens (tertiary/aromatic N) is 5. The molecule has 0 aliphatic rings. The Balaban J connectivity index is 1.89. The number of aryl methyl sites for hydroxylation is 1. The first kappa shape index (κ1) is 22.9. The van der Waals surface area contributed by atoms with E-state index in [4.69, 9.17) is 16.7 Å². The Hall–Kier alpha value is -3.81. The van der Waals surface area contributed by atoms with E-state index >= 15 is 0 Å². The van der Waals surface area contributed by atoms with Crippen molar-refractivity contribution < 1.29 is 15.1 Å². The Morgan fingerprint density at radius 2 is 2.09 bits per heavy atom. The van der Waals surface area contributed by atoms with Crippen LogP contribution in [-0.4, -0.2) is 53.2 Å². The number of hydrogen-bond acceptors (Lipinski definition) is 9. The maximum Gasteiger partial charge on any atom is 0.329 e. The fourth-order valence-electron chi connectivity index (χ4n) is 2.81. The van der Waals surface area contributed by atoms with Gasteiger partial charge in [-0.1, -0.05) is 11.6 Å². The van der Waals surface area contributed by atoms with E-state index < -0.39 is 28.9 Å². The monoisotopic (exact) mass is 463 g/mol. The fraction of sp³-hybridized carbons (Fsp3) is 0.222. The number of hydrazone groups is 1. The molecule has 32 heavy (non-hydrogen) atoms. The average Bonchev–Trinajstić information content (AvgIpc) is 3.11. The topological polar surface area (TPSA) is 181 Å². The molecule has 168 valence electrons. The quantitative estimate of drug-likeness (QED) is 0.210. The lowest BCUT2D eigenvalue weighted by Crippen LogP contribution is -2.30. The van der Waals surface area contributed by atoms with E-state index in [0.29, 0.717) is 5.56 Å². The van der Waals surface area contributed by atoms with Crippen LogP contribution >= 0.6 is 11.6 Å². The van der Waals surface area contributed by atoms with Crippen LogP contribution in [0, 0.1) is 10.1 Å². The van der Waals surface area contributed by atoms with Gasteiger partial charge in [-0.3, -0.25) is 24.5 Å². The molecule has 13 nitrogen and oxygen atoms in total. The van der Waals surface area contributed by atoms with Crippen molar-refractivity contribution in [3.63, 3.8) is 0 Å². The highest BCUT2D eigenvalue weighted by molar-refractivity contribution is 6.41. The number of H-pyrrole nitrogens is 1. The number of nitrogens with one attached hydrogen (secondary N) is 2. The number of non-ortho nitro benzene ring substituents is 1. The molecule has 0 amide bonds. The minimum Gasteiger partial charge on any atom is -0.394 e. The van der Waals surface area contributed by atoms with Gasteiger partial charge in [0.2, 0.25) is 5.95 Å². The molecule has 0 spiro atoms. The number of aliphatic hydroxyl groups excluding tert-OH is 2. The number of nitro benzene ring substituents is 1. The van der Waals surface area contributed by atoms with Crippen molar-refractivity contribution in [2.75, 3.05) is 12.0 Å². The summed E-state index contributed by atoms with van der Waals surface area (Å²) in [5.74, 6) is 0.0234. The fourth-order valence-corrected chi connectivity index (χ4v) is 2.98. The van der Waals surface area contributed by atoms with E-state index in [1.54, 1.807) is 0 Å². The van der Waals surface area contributed by atoms with E-state index in [9.17, 15) is 24.8 Å². The first-order chi connectivity index (χ1) is 15.2. The van der Waals surface area contributed by atoms with E-state index in [0.717, 1.165) is 4.57 Å². The van der Waals surface area contributed by atoms with E-state index in [1.165, 1.54) is 48.2 Å². The van der Waals surface area contributed by atoms with Crippen LogP contribution in [0.3, 0.4) is 0 Å². The number of nitro groups is 1. The molecule has 1 aromatic carbocycles. The summed E-state index contributed by atoms with van der Waals surface area (Å²) >= 11 is 6.12. The number of hydrogen-bond donors (Lipinski definition) is 4. The number of anilines is 1. The Kier molecular flexibility index (Phi) is 6.82. The van der Waals surface area contributed by atoms with Crippen LogP contribution < -0.4 is 16.7 Å². The van der Waals surface area contributed by atoms with Crippen LogP contribution in [0.25, 0.3) is 17.2 Å². The number of imidazole rings is 1. The number of halogens is 1. The summed E-state index contributed by atoms with van der Waals surface area (Å²) in [6.45, 7) is -0.756. The Bertz CT molecular complexity index is 1320. The molecule has 2 aromatic heterocycles. The van der Waals surface area contributed by atoms with Crippen LogP contribution in [0.4, 0.5) is 11.6 Å². The Labute approximate surface area is 184 Å². The van der Waals surface area contributed by atoms with Crippen LogP contribution in [0.2, 0.25) is 0 Å². The molecule has 0 aliphatic carbocycles. The third-order valence-electron chi connectivity index (χ3n) is 4.37. The van der Waals surface area contributed by atoms with Crippen LogP contribution in [0.15, 0.2) is 44.0 Å². The summed E-state index contributed by atoms with van der Waals surface area (Å²) < 4.78 is 2.40. The summed E-state index contributed by atoms with van der Waals surface area (Å²) in [4.78, 5) is 40.7. The largest absolute Gasteiger partial charge is 0.394 e. The lowest BCUT2D eigenvalue weighted by molar-refractivity contribution is -0.384. The van der Waals surface area contributed by atoms with E-state index in [2.05, 4.69) is 20.5 Å². The number of aromatic amines is 1. The molecule has 3 aromatic rings. The minimum atomic E-state index is -1.20. The van der Waals surface area contributed by atoms with Crippen molar-refractivity contribution in [3.05, 3.63) is 65.8 Å². The summed E-state index contributed by atoms with van der Waals surface area (Å²) in [5, 5.41) is 33.8. The van der Waals surface area contributed by atoms with Crippen LogP contribution in [-0.2, 0) is 13.6 Å². The van der Waals surface area contributed by atoms with Gasteiger partial charge in [-0.15, -0.1) is 0 Å². The molecule has 14 heteroatoms. The van der Waals surface area contributed by atoms with Crippen molar-refractivity contribution in [1.82, 2.24) is 19.1 Å². The number of fused-ring (bicyclic) bond motifs is 1. The normalized spacial score (nSPS) is 13.1. The van der Waals surface area contributed by atoms with Crippen LogP contribution in [0.5, 0.6) is 0 Å². The second-order valence-electron chi connectivity index (χ2n) is 6.62. The Morgan fingerprint density at radius 3 is 2.72 bits per heavy atom. The molecule has 0 bridgehead atoms. The van der Waals surface area contributed by atoms with Crippen molar-refractivity contribution in [3.8, 4) is 0 Å². The summed E-state index contributed by atoms with van der Waals surface area (Å²) in [5.41, 5.74) is 1.82. The van der Waals surface area contributed by atoms with Crippen LogP contribution in [0.1, 0.15) is 5.56 Å². The molecule has 0 saturated heterocycles. The maximum atomic E-state index is 12.3. The zero-order chi connectivity index (χ0) is 23.4. The highest BCUT2D eigenvalue weighted by Crippen LogP contribution is 2.17. The van der Waals surface area contributed by atoms with Crippen molar-refractivity contribution in [2.24, 2.45) is 12.1 Å². The highest BCUT2D eigenvalue weighted by Gasteiger charge is 2.19. The van der Waals surface area contributed by atoms with Crippen molar-refractivity contribution in [1.29, 1.82) is 0 Å². The number of aromatic nitrogens is 4. The second kappa shape index (κ2) is 9.55. The highest BCUT2D eigenvalue weighted by atomic mass is 35.5. The first-order valence-corrected chi connectivity index (χ1v) is 9.48. The predicted octanol–water partition coefficient (Wildman–Crippen LogP) is 0.362. The van der Waals surface area contributed by atoms with Gasteiger partial charge in [0.05, 0.1) is 35.4 Å². The number of rotatable bonds is 8. The lowest BCUT2D eigenvalue weighted by atomic mass is 10.2. The molecule has 0 aliphatic heterocycles. The van der Waals surface area contributed by atoms with Gasteiger partial charge in [0.25, 0.3) is 11.2 Å². The summed E-state index contributed by atoms with van der Waals surface area (Å²) in [6, 6.07) is 5.71. The molecule has 0 radical (unpaired) electrons. The molecular weight excluding hydrogens is 446 g/mol. The maximum absolute atomic E-state index is 12.3. The van der Waals surface area contributed by atoms with Gasteiger partial charge in [-0.05, 0) is 23.8 Å². The van der Waals surface area contributed by atoms with Crippen molar-refractivity contribution in [2.45, 2.75) is 12.6 Å². The lowest BCUT2D eigenvalue weighted by Gasteiger charge is -2.11. The number of benzene rings is 1. The van der Waals surface area contributed by atoms with Crippen molar-refractivity contribution >= 4 is 46.7 Å². The summed E-state index contributed by atoms with van der Waals surface area (Å²) in [6.07, 6.45) is 1.56. The van der Waals surface area contributed by atoms with E-state index in [-0.39, 0.29) is 34.4 Å². The summed E-state index contributed by atoms with van der Waals surface area (Å²) in [7, 11) is 1.41.